The predicted octanol–water partition coefficient (Wildman–Crippen LogP) is 9.61. The van der Waals surface area contributed by atoms with Crippen molar-refractivity contribution in [3.8, 4) is 40.3 Å². The van der Waals surface area contributed by atoms with Crippen LogP contribution < -0.4 is 4.74 Å². The maximum absolute atomic E-state index is 9.68. The van der Waals surface area contributed by atoms with Crippen molar-refractivity contribution in [2.24, 2.45) is 0 Å². The molecule has 7 aromatic rings. The molecule has 6 nitrogen and oxygen atoms in total. The van der Waals surface area contributed by atoms with Gasteiger partial charge < -0.3 is 9.30 Å². The molecular weight excluding hydrogens is 554 g/mol. The topological polar surface area (TPSA) is 68.7 Å². The van der Waals surface area contributed by atoms with Crippen molar-refractivity contribution in [3.63, 3.8) is 0 Å². The summed E-state index contributed by atoms with van der Waals surface area (Å²) in [5.41, 5.74) is 9.03. The van der Waals surface area contributed by atoms with Gasteiger partial charge in [-0.25, -0.2) is 9.97 Å². The van der Waals surface area contributed by atoms with Crippen LogP contribution in [0.25, 0.3) is 44.6 Å². The molecule has 0 spiro atoms. The monoisotopic (exact) mass is 587 g/mol. The summed E-state index contributed by atoms with van der Waals surface area (Å²) in [6, 6.07) is 32.7. The molecule has 3 aromatic heterocycles. The minimum atomic E-state index is -0.0395. The second-order valence-electron chi connectivity index (χ2n) is 12.5. The summed E-state index contributed by atoms with van der Waals surface area (Å²) in [5, 5.41) is 11.8. The van der Waals surface area contributed by atoms with Crippen LogP contribution in [0, 0.1) is 25.2 Å². The Balaban J connectivity index is 1.29. The minimum Gasteiger partial charge on any atom is -0.457 e. The first-order valence-corrected chi connectivity index (χ1v) is 15.0. The van der Waals surface area contributed by atoms with Gasteiger partial charge >= 0.3 is 0 Å². The van der Waals surface area contributed by atoms with E-state index in [2.05, 4.69) is 98.5 Å². The van der Waals surface area contributed by atoms with E-state index in [1.165, 1.54) is 16.7 Å². The Morgan fingerprint density at radius 3 is 2.22 bits per heavy atom. The van der Waals surface area contributed by atoms with E-state index in [1.54, 1.807) is 0 Å². The quantitative estimate of drug-likeness (QED) is 0.201. The van der Waals surface area contributed by atoms with E-state index >= 15 is 0 Å². The molecule has 0 fully saturated rings. The zero-order chi connectivity index (χ0) is 31.3. The van der Waals surface area contributed by atoms with Gasteiger partial charge in [-0.3, -0.25) is 4.57 Å². The largest absolute Gasteiger partial charge is 0.457 e. The van der Waals surface area contributed by atoms with Crippen LogP contribution in [0.1, 0.15) is 43.0 Å². The number of nitriles is 1. The molecule has 45 heavy (non-hydrogen) atoms. The van der Waals surface area contributed by atoms with E-state index in [1.807, 2.05) is 61.1 Å². The van der Waals surface area contributed by atoms with E-state index in [0.29, 0.717) is 11.3 Å². The van der Waals surface area contributed by atoms with Crippen LogP contribution >= 0.6 is 0 Å². The van der Waals surface area contributed by atoms with Gasteiger partial charge in [0.25, 0.3) is 0 Å². The average molecular weight is 588 g/mol. The molecule has 0 saturated heterocycles. The molecule has 3 heterocycles. The molecule has 0 radical (unpaired) electrons. The maximum Gasteiger partial charge on any atom is 0.137 e. The summed E-state index contributed by atoms with van der Waals surface area (Å²) < 4.78 is 10.7. The van der Waals surface area contributed by atoms with E-state index in [9.17, 15) is 5.26 Å². The van der Waals surface area contributed by atoms with Crippen molar-refractivity contribution >= 4 is 21.8 Å². The molecule has 0 bridgehead atoms. The van der Waals surface area contributed by atoms with E-state index in [0.717, 1.165) is 50.3 Å². The molecular formula is C39H33N5O. The van der Waals surface area contributed by atoms with Gasteiger partial charge in [0.05, 0.1) is 40.4 Å². The zero-order valence-corrected chi connectivity index (χ0v) is 26.0. The fourth-order valence-electron chi connectivity index (χ4n) is 6.05. The minimum absolute atomic E-state index is 0.0395. The summed E-state index contributed by atoms with van der Waals surface area (Å²) >= 11 is 0. The molecule has 220 valence electrons. The number of hydrogen-bond donors (Lipinski definition) is 0. The van der Waals surface area contributed by atoms with Gasteiger partial charge in [0.1, 0.15) is 17.3 Å². The standard InChI is InChI=1S/C39H33N5O/c1-25-8-6-9-26(2)38(25)43-23-34(42-24-43)28-10-7-11-30(19-28)45-31-13-15-33-32-14-12-27(22-40)18-35(32)44(36(33)21-31)37-20-29(16-17-41-37)39(3,4)5/h6-21,23-24H,1-5H3. The van der Waals surface area contributed by atoms with Crippen molar-refractivity contribution in [2.45, 2.75) is 40.0 Å². The van der Waals surface area contributed by atoms with E-state index < -0.39 is 0 Å². The van der Waals surface area contributed by atoms with Gasteiger partial charge in [0.15, 0.2) is 0 Å². The number of nitrogens with zero attached hydrogens (tertiary/aromatic N) is 5. The van der Waals surface area contributed by atoms with Crippen molar-refractivity contribution in [1.82, 2.24) is 19.1 Å². The summed E-state index contributed by atoms with van der Waals surface area (Å²) in [7, 11) is 0. The number of fused-ring (bicyclic) bond motifs is 3. The molecule has 0 unspecified atom stereocenters. The van der Waals surface area contributed by atoms with Crippen LogP contribution in [0.3, 0.4) is 0 Å². The van der Waals surface area contributed by atoms with Crippen molar-refractivity contribution < 1.29 is 4.74 Å². The number of benzene rings is 4. The number of imidazole rings is 1. The smallest absolute Gasteiger partial charge is 0.137 e. The second-order valence-corrected chi connectivity index (χ2v) is 12.5. The highest BCUT2D eigenvalue weighted by Gasteiger charge is 2.19. The van der Waals surface area contributed by atoms with Crippen LogP contribution in [0.15, 0.2) is 110 Å². The summed E-state index contributed by atoms with van der Waals surface area (Å²) in [6.07, 6.45) is 5.79. The Bertz CT molecular complexity index is 2260. The molecule has 0 N–H and O–H groups in total. The second kappa shape index (κ2) is 10.8. The Kier molecular flexibility index (Phi) is 6.75. The first-order chi connectivity index (χ1) is 21.7. The Morgan fingerprint density at radius 2 is 1.47 bits per heavy atom. The third-order valence-corrected chi connectivity index (χ3v) is 8.35. The van der Waals surface area contributed by atoms with Crippen LogP contribution in [0.5, 0.6) is 11.5 Å². The summed E-state index contributed by atoms with van der Waals surface area (Å²) in [6.45, 7) is 10.8. The van der Waals surface area contributed by atoms with Crippen LogP contribution in [0.2, 0.25) is 0 Å². The molecule has 0 atom stereocenters. The molecule has 0 aliphatic carbocycles. The predicted molar refractivity (Wildman–Crippen MR) is 181 cm³/mol. The molecule has 0 aliphatic rings. The van der Waals surface area contributed by atoms with Crippen LogP contribution in [-0.4, -0.2) is 19.1 Å². The Hall–Kier alpha value is -5.67. The van der Waals surface area contributed by atoms with Gasteiger partial charge in [-0.2, -0.15) is 5.26 Å². The molecule has 4 aromatic carbocycles. The third kappa shape index (κ3) is 5.13. The SMILES string of the molecule is Cc1cccc(C)c1-n1cnc(-c2cccc(Oc3ccc4c5ccc(C#N)cc5n(-c5cc(C(C)(C)C)ccn5)c4c3)c2)c1. The Morgan fingerprint density at radius 1 is 0.756 bits per heavy atom. The van der Waals surface area contributed by atoms with Gasteiger partial charge in [-0.15, -0.1) is 0 Å². The summed E-state index contributed by atoms with van der Waals surface area (Å²) in [5.74, 6) is 2.23. The lowest BCUT2D eigenvalue weighted by Gasteiger charge is -2.20. The lowest BCUT2D eigenvalue weighted by molar-refractivity contribution is 0.483. The number of aryl methyl sites for hydroxylation is 2. The highest BCUT2D eigenvalue weighted by atomic mass is 16.5. The number of aromatic nitrogens is 4. The molecule has 0 amide bonds. The van der Waals surface area contributed by atoms with Gasteiger partial charge in [-0.05, 0) is 84.5 Å². The lowest BCUT2D eigenvalue weighted by Crippen LogP contribution is -2.12. The molecule has 0 saturated carbocycles. The fraction of sp³-hybridized carbons (Fsp3) is 0.154. The van der Waals surface area contributed by atoms with E-state index in [-0.39, 0.29) is 5.41 Å². The highest BCUT2D eigenvalue weighted by Crippen LogP contribution is 2.37. The van der Waals surface area contributed by atoms with Crippen molar-refractivity contribution in [1.29, 1.82) is 5.26 Å². The number of hydrogen-bond acceptors (Lipinski definition) is 4. The van der Waals surface area contributed by atoms with Gasteiger partial charge in [-0.1, -0.05) is 57.2 Å². The van der Waals surface area contributed by atoms with Gasteiger partial charge in [0, 0.05) is 34.8 Å². The molecule has 0 aliphatic heterocycles. The number of ether oxygens (including phenoxy) is 1. The highest BCUT2D eigenvalue weighted by molar-refractivity contribution is 6.09. The van der Waals surface area contributed by atoms with Crippen LogP contribution in [0.4, 0.5) is 0 Å². The van der Waals surface area contributed by atoms with Crippen LogP contribution in [-0.2, 0) is 5.41 Å². The first-order valence-electron chi connectivity index (χ1n) is 15.0. The average Bonchev–Trinajstić information content (AvgIpc) is 3.63. The van der Waals surface area contributed by atoms with E-state index in [4.69, 9.17) is 14.7 Å². The van der Waals surface area contributed by atoms with Crippen molar-refractivity contribution in [3.05, 3.63) is 132 Å². The number of rotatable bonds is 5. The Labute approximate surface area is 262 Å². The summed E-state index contributed by atoms with van der Waals surface area (Å²) in [4.78, 5) is 9.49. The number of pyridine rings is 1. The normalized spacial score (nSPS) is 11.6. The lowest BCUT2D eigenvalue weighted by atomic mass is 9.88. The first kappa shape index (κ1) is 28.1. The fourth-order valence-corrected chi connectivity index (χ4v) is 6.05. The molecule has 6 heteroatoms. The molecule has 7 rings (SSSR count). The zero-order valence-electron chi connectivity index (χ0n) is 26.0. The van der Waals surface area contributed by atoms with Crippen molar-refractivity contribution in [2.75, 3.05) is 0 Å². The van der Waals surface area contributed by atoms with Gasteiger partial charge in [0.2, 0.25) is 0 Å². The third-order valence-electron chi connectivity index (χ3n) is 8.35. The maximum atomic E-state index is 9.68. The number of para-hydroxylation sites is 1.